The Bertz CT molecular complexity index is 890. The van der Waals surface area contributed by atoms with Crippen molar-refractivity contribution in [2.45, 2.75) is 13.5 Å². The number of anilines is 1. The van der Waals surface area contributed by atoms with E-state index in [1.807, 2.05) is 20.0 Å². The molecule has 3 aromatic rings. The van der Waals surface area contributed by atoms with Gasteiger partial charge in [-0.05, 0) is 31.7 Å². The van der Waals surface area contributed by atoms with E-state index in [0.717, 1.165) is 16.5 Å². The van der Waals surface area contributed by atoms with Crippen LogP contribution >= 0.6 is 0 Å². The fourth-order valence-corrected chi connectivity index (χ4v) is 2.73. The number of fused-ring (bicyclic) bond motifs is 1. The molecule has 0 aliphatic carbocycles. The lowest BCUT2D eigenvalue weighted by Gasteiger charge is -2.14. The molecule has 0 fully saturated rings. The number of ether oxygens (including phenoxy) is 1. The maximum absolute atomic E-state index is 15.2. The summed E-state index contributed by atoms with van der Waals surface area (Å²) in [6, 6.07) is 3.68. The number of pyridine rings is 1. The van der Waals surface area contributed by atoms with E-state index < -0.39 is 5.82 Å². The molecule has 0 unspecified atom stereocenters. The van der Waals surface area contributed by atoms with Gasteiger partial charge in [0, 0.05) is 30.7 Å². The number of hydrogen-bond acceptors (Lipinski definition) is 5. The minimum absolute atomic E-state index is 0.257. The van der Waals surface area contributed by atoms with Crippen LogP contribution in [0.15, 0.2) is 24.5 Å². The molecule has 0 radical (unpaired) electrons. The maximum Gasteiger partial charge on any atom is 0.178 e. The number of methoxy groups -OCH3 is 1. The summed E-state index contributed by atoms with van der Waals surface area (Å²) in [5, 5.41) is 11.0. The minimum atomic E-state index is -0.455. The van der Waals surface area contributed by atoms with Gasteiger partial charge in [-0.2, -0.15) is 5.10 Å². The molecule has 0 saturated heterocycles. The molecule has 0 aliphatic heterocycles. The zero-order valence-electron chi connectivity index (χ0n) is 14.1. The number of rotatable bonds is 5. The van der Waals surface area contributed by atoms with Gasteiger partial charge in [-0.3, -0.25) is 0 Å². The van der Waals surface area contributed by atoms with Crippen molar-refractivity contribution in [2.24, 2.45) is 0 Å². The van der Waals surface area contributed by atoms with Crippen LogP contribution in [-0.2, 0) is 6.54 Å². The van der Waals surface area contributed by atoms with Gasteiger partial charge in [-0.15, -0.1) is 0 Å². The second-order valence-corrected chi connectivity index (χ2v) is 5.54. The molecule has 24 heavy (non-hydrogen) atoms. The molecule has 2 aromatic heterocycles. The Balaban J connectivity index is 2.27. The minimum Gasteiger partial charge on any atom is -0.494 e. The summed E-state index contributed by atoms with van der Waals surface area (Å²) in [6.45, 7) is 2.57. The average Bonchev–Trinajstić information content (AvgIpc) is 3.03. The normalized spacial score (nSPS) is 11.0. The molecular formula is C17H20FN5O. The molecule has 6 nitrogen and oxygen atoms in total. The molecule has 126 valence electrons. The van der Waals surface area contributed by atoms with E-state index in [1.165, 1.54) is 11.8 Å². The zero-order valence-corrected chi connectivity index (χ0v) is 14.1. The predicted octanol–water partition coefficient (Wildman–Crippen LogP) is 2.64. The summed E-state index contributed by atoms with van der Waals surface area (Å²) < 4.78 is 22.1. The number of benzene rings is 1. The summed E-state index contributed by atoms with van der Waals surface area (Å²) in [5.41, 5.74) is 2.42. The lowest BCUT2D eigenvalue weighted by Crippen LogP contribution is -2.06. The van der Waals surface area contributed by atoms with Crippen molar-refractivity contribution in [1.82, 2.24) is 20.1 Å². The van der Waals surface area contributed by atoms with E-state index in [0.29, 0.717) is 23.6 Å². The van der Waals surface area contributed by atoms with E-state index in [-0.39, 0.29) is 5.69 Å². The Hall–Kier alpha value is -2.67. The van der Waals surface area contributed by atoms with E-state index in [1.54, 1.807) is 25.5 Å². The number of nitrogens with zero attached hydrogens (tertiary/aromatic N) is 3. The van der Waals surface area contributed by atoms with Gasteiger partial charge in [0.15, 0.2) is 5.82 Å². The third kappa shape index (κ3) is 2.67. The Morgan fingerprint density at radius 2 is 2.08 bits per heavy atom. The van der Waals surface area contributed by atoms with Crippen molar-refractivity contribution >= 4 is 16.7 Å². The SMILES string of the molecule is CNCc1cnn(-c2c(OC)cc3c(C)cc(NC)nc3c2F)c1. The van der Waals surface area contributed by atoms with E-state index in [4.69, 9.17) is 4.74 Å². The molecule has 0 spiro atoms. The quantitative estimate of drug-likeness (QED) is 0.753. The topological polar surface area (TPSA) is 64.0 Å². The third-order valence-electron chi connectivity index (χ3n) is 3.91. The van der Waals surface area contributed by atoms with Crippen molar-refractivity contribution in [3.05, 3.63) is 41.5 Å². The standard InChI is InChI=1S/C17H20FN5O/c1-10-5-14(20-3)22-16-12(10)6-13(24-4)17(15(16)18)23-9-11(7-19-2)8-21-23/h5-6,8-9,19H,7H2,1-4H3,(H,20,22). The molecule has 0 aliphatic rings. The molecule has 7 heteroatoms. The monoisotopic (exact) mass is 329 g/mol. The molecule has 3 rings (SSSR count). The largest absolute Gasteiger partial charge is 0.494 e. The average molecular weight is 329 g/mol. The van der Waals surface area contributed by atoms with Crippen LogP contribution in [0.2, 0.25) is 0 Å². The highest BCUT2D eigenvalue weighted by Crippen LogP contribution is 2.34. The van der Waals surface area contributed by atoms with Crippen LogP contribution in [0.1, 0.15) is 11.1 Å². The molecule has 2 N–H and O–H groups in total. The number of hydrogen-bond donors (Lipinski definition) is 2. The Morgan fingerprint density at radius 3 is 2.75 bits per heavy atom. The smallest absolute Gasteiger partial charge is 0.178 e. The van der Waals surface area contributed by atoms with Gasteiger partial charge in [0.2, 0.25) is 0 Å². The Kier molecular flexibility index (Phi) is 4.35. The van der Waals surface area contributed by atoms with Crippen LogP contribution in [0.25, 0.3) is 16.6 Å². The van der Waals surface area contributed by atoms with Gasteiger partial charge in [0.05, 0.1) is 13.3 Å². The molecule has 0 amide bonds. The van der Waals surface area contributed by atoms with Crippen molar-refractivity contribution in [3.8, 4) is 11.4 Å². The molecule has 0 bridgehead atoms. The highest BCUT2D eigenvalue weighted by atomic mass is 19.1. The highest BCUT2D eigenvalue weighted by molar-refractivity contribution is 5.88. The fraction of sp³-hybridized carbons (Fsp3) is 0.294. The summed E-state index contributed by atoms with van der Waals surface area (Å²) in [7, 11) is 5.13. The summed E-state index contributed by atoms with van der Waals surface area (Å²) in [4.78, 5) is 4.36. The number of aryl methyl sites for hydroxylation is 1. The first-order valence-electron chi connectivity index (χ1n) is 7.63. The van der Waals surface area contributed by atoms with Gasteiger partial charge in [-0.1, -0.05) is 0 Å². The van der Waals surface area contributed by atoms with E-state index in [9.17, 15) is 0 Å². The van der Waals surface area contributed by atoms with Crippen LogP contribution < -0.4 is 15.4 Å². The number of aromatic nitrogens is 3. The van der Waals surface area contributed by atoms with Crippen LogP contribution in [0, 0.1) is 12.7 Å². The number of halogens is 1. The van der Waals surface area contributed by atoms with Gasteiger partial charge in [0.1, 0.15) is 22.8 Å². The van der Waals surface area contributed by atoms with Crippen molar-refractivity contribution in [2.75, 3.05) is 26.5 Å². The Labute approximate surface area is 139 Å². The third-order valence-corrected chi connectivity index (χ3v) is 3.91. The lowest BCUT2D eigenvalue weighted by molar-refractivity contribution is 0.408. The molecule has 2 heterocycles. The van der Waals surface area contributed by atoms with Gasteiger partial charge >= 0.3 is 0 Å². The molecule has 0 saturated carbocycles. The second kappa shape index (κ2) is 6.45. The molecule has 0 atom stereocenters. The highest BCUT2D eigenvalue weighted by Gasteiger charge is 2.19. The number of nitrogens with one attached hydrogen (secondary N) is 2. The fourth-order valence-electron chi connectivity index (χ4n) is 2.73. The summed E-state index contributed by atoms with van der Waals surface area (Å²) in [6.07, 6.45) is 3.47. The van der Waals surface area contributed by atoms with Gasteiger partial charge in [0.25, 0.3) is 0 Å². The lowest BCUT2D eigenvalue weighted by atomic mass is 10.1. The van der Waals surface area contributed by atoms with Gasteiger partial charge in [-0.25, -0.2) is 14.1 Å². The predicted molar refractivity (Wildman–Crippen MR) is 92.4 cm³/mol. The summed E-state index contributed by atoms with van der Waals surface area (Å²) >= 11 is 0. The zero-order chi connectivity index (χ0) is 17.3. The van der Waals surface area contributed by atoms with Crippen LogP contribution in [-0.4, -0.2) is 36.0 Å². The van der Waals surface area contributed by atoms with Crippen LogP contribution in [0.3, 0.4) is 0 Å². The van der Waals surface area contributed by atoms with Crippen LogP contribution in [0.4, 0.5) is 10.2 Å². The van der Waals surface area contributed by atoms with Crippen LogP contribution in [0.5, 0.6) is 5.75 Å². The molecular weight excluding hydrogens is 309 g/mol. The van der Waals surface area contributed by atoms with E-state index >= 15 is 4.39 Å². The maximum atomic E-state index is 15.2. The van der Waals surface area contributed by atoms with Crippen molar-refractivity contribution in [3.63, 3.8) is 0 Å². The first-order valence-corrected chi connectivity index (χ1v) is 7.63. The molecule has 1 aromatic carbocycles. The van der Waals surface area contributed by atoms with Crippen molar-refractivity contribution < 1.29 is 9.13 Å². The summed E-state index contributed by atoms with van der Waals surface area (Å²) in [5.74, 6) is 0.580. The first kappa shape index (κ1) is 16.2. The second-order valence-electron chi connectivity index (χ2n) is 5.54. The first-order chi connectivity index (χ1) is 11.6. The van der Waals surface area contributed by atoms with Gasteiger partial charge < -0.3 is 15.4 Å². The van der Waals surface area contributed by atoms with E-state index in [2.05, 4.69) is 20.7 Å². The van der Waals surface area contributed by atoms with Crippen molar-refractivity contribution in [1.29, 1.82) is 0 Å². The Morgan fingerprint density at radius 1 is 1.29 bits per heavy atom.